The number of hydrogen-bond donors (Lipinski definition) is 1. The summed E-state index contributed by atoms with van der Waals surface area (Å²) in [5, 5.41) is 2.74. The van der Waals surface area contributed by atoms with E-state index in [0.717, 1.165) is 19.3 Å². The number of carbonyl (C=O) groups is 2. The van der Waals surface area contributed by atoms with Crippen molar-refractivity contribution in [1.29, 1.82) is 0 Å². The summed E-state index contributed by atoms with van der Waals surface area (Å²) in [6, 6.07) is -0.229. The number of nitrogens with zero attached hydrogens (tertiary/aromatic N) is 1. The fourth-order valence-electron chi connectivity index (χ4n) is 1.56. The highest BCUT2D eigenvalue weighted by Crippen LogP contribution is 2.12. The first-order chi connectivity index (χ1) is 6.70. The Kier molecular flexibility index (Phi) is 3.92. The molecule has 1 aliphatic heterocycles. The van der Waals surface area contributed by atoms with Gasteiger partial charge in [0.25, 0.3) is 0 Å². The maximum Gasteiger partial charge on any atom is 0.324 e. The van der Waals surface area contributed by atoms with Crippen LogP contribution in [0.3, 0.4) is 0 Å². The highest BCUT2D eigenvalue weighted by molar-refractivity contribution is 5.98. The van der Waals surface area contributed by atoms with Gasteiger partial charge in [0.05, 0.1) is 5.92 Å². The number of unbranched alkanes of at least 4 members (excludes halogenated alkanes) is 1. The Balaban J connectivity index is 2.59. The van der Waals surface area contributed by atoms with Gasteiger partial charge in [0, 0.05) is 13.1 Å². The van der Waals surface area contributed by atoms with Crippen molar-refractivity contribution in [1.82, 2.24) is 10.2 Å². The second-order valence-electron chi connectivity index (χ2n) is 3.63. The second kappa shape index (κ2) is 4.98. The van der Waals surface area contributed by atoms with E-state index in [-0.39, 0.29) is 17.9 Å². The van der Waals surface area contributed by atoms with Crippen LogP contribution < -0.4 is 5.32 Å². The van der Waals surface area contributed by atoms with E-state index in [0.29, 0.717) is 13.1 Å². The predicted octanol–water partition coefficient (Wildman–Crippen LogP) is 1.36. The highest BCUT2D eigenvalue weighted by atomic mass is 16.2. The molecule has 0 aromatic heterocycles. The monoisotopic (exact) mass is 198 g/mol. The van der Waals surface area contributed by atoms with Crippen LogP contribution in [0.15, 0.2) is 0 Å². The van der Waals surface area contributed by atoms with Crippen LogP contribution in [0.1, 0.15) is 33.1 Å². The number of urea groups is 1. The summed E-state index contributed by atoms with van der Waals surface area (Å²) in [4.78, 5) is 24.5. The number of hydrogen-bond acceptors (Lipinski definition) is 2. The molecule has 80 valence electrons. The van der Waals surface area contributed by atoms with E-state index in [1.807, 2.05) is 13.8 Å². The molecule has 1 fully saturated rings. The number of nitrogens with one attached hydrogen (secondary N) is 1. The molecule has 1 aliphatic rings. The highest BCUT2D eigenvalue weighted by Gasteiger charge is 2.32. The average Bonchev–Trinajstić information content (AvgIpc) is 2.18. The smallest absolute Gasteiger partial charge is 0.324 e. The summed E-state index contributed by atoms with van der Waals surface area (Å²) < 4.78 is 0. The standard InChI is InChI=1S/C10H18N2O2/c1-3-5-6-12-9(13)8(4-2)7-11-10(12)14/h8H,3-7H2,1-2H3,(H,11,14). The molecule has 14 heavy (non-hydrogen) atoms. The fraction of sp³-hybridized carbons (Fsp3) is 0.800. The van der Waals surface area contributed by atoms with Crippen molar-refractivity contribution in [2.24, 2.45) is 5.92 Å². The Morgan fingerprint density at radius 1 is 1.43 bits per heavy atom. The quantitative estimate of drug-likeness (QED) is 0.741. The lowest BCUT2D eigenvalue weighted by Gasteiger charge is -2.30. The maximum atomic E-state index is 11.7. The van der Waals surface area contributed by atoms with Gasteiger partial charge in [-0.15, -0.1) is 0 Å². The summed E-state index contributed by atoms with van der Waals surface area (Å²) in [7, 11) is 0. The fourth-order valence-corrected chi connectivity index (χ4v) is 1.56. The van der Waals surface area contributed by atoms with Crippen LogP contribution in [-0.4, -0.2) is 29.9 Å². The van der Waals surface area contributed by atoms with Crippen molar-refractivity contribution in [3.63, 3.8) is 0 Å². The molecule has 0 radical (unpaired) electrons. The third kappa shape index (κ3) is 2.25. The predicted molar refractivity (Wildman–Crippen MR) is 53.8 cm³/mol. The largest absolute Gasteiger partial charge is 0.337 e. The Labute approximate surface area is 84.7 Å². The minimum Gasteiger partial charge on any atom is -0.337 e. The van der Waals surface area contributed by atoms with Crippen LogP contribution in [0.4, 0.5) is 4.79 Å². The van der Waals surface area contributed by atoms with Crippen LogP contribution >= 0.6 is 0 Å². The van der Waals surface area contributed by atoms with Gasteiger partial charge in [-0.2, -0.15) is 0 Å². The van der Waals surface area contributed by atoms with Crippen LogP contribution in [-0.2, 0) is 4.79 Å². The molecule has 0 saturated carbocycles. The summed E-state index contributed by atoms with van der Waals surface area (Å²) in [6.45, 7) is 5.07. The van der Waals surface area contributed by atoms with Gasteiger partial charge < -0.3 is 5.32 Å². The Bertz CT molecular complexity index is 228. The minimum atomic E-state index is -0.229. The van der Waals surface area contributed by atoms with Crippen molar-refractivity contribution in [3.05, 3.63) is 0 Å². The van der Waals surface area contributed by atoms with Gasteiger partial charge in [0.15, 0.2) is 0 Å². The van der Waals surface area contributed by atoms with E-state index in [1.54, 1.807) is 0 Å². The SMILES string of the molecule is CCCCN1C(=O)NCC(CC)C1=O. The van der Waals surface area contributed by atoms with E-state index in [9.17, 15) is 9.59 Å². The average molecular weight is 198 g/mol. The molecular formula is C10H18N2O2. The summed E-state index contributed by atoms with van der Waals surface area (Å²) in [5.41, 5.74) is 0. The van der Waals surface area contributed by atoms with Gasteiger partial charge in [-0.1, -0.05) is 20.3 Å². The molecule has 1 saturated heterocycles. The van der Waals surface area contributed by atoms with Gasteiger partial charge in [-0.05, 0) is 12.8 Å². The third-order valence-electron chi connectivity index (χ3n) is 2.59. The molecule has 1 heterocycles. The summed E-state index contributed by atoms with van der Waals surface area (Å²) in [5.74, 6) is -0.0331. The lowest BCUT2D eigenvalue weighted by molar-refractivity contribution is -0.133. The zero-order valence-electron chi connectivity index (χ0n) is 8.88. The van der Waals surface area contributed by atoms with E-state index in [2.05, 4.69) is 5.32 Å². The Morgan fingerprint density at radius 2 is 2.14 bits per heavy atom. The normalized spacial score (nSPS) is 22.4. The lowest BCUT2D eigenvalue weighted by atomic mass is 10.0. The minimum absolute atomic E-state index is 0.00954. The molecule has 1 N–H and O–H groups in total. The van der Waals surface area contributed by atoms with Crippen molar-refractivity contribution in [3.8, 4) is 0 Å². The number of imide groups is 1. The number of carbonyl (C=O) groups excluding carboxylic acids is 2. The Morgan fingerprint density at radius 3 is 2.71 bits per heavy atom. The van der Waals surface area contributed by atoms with Crippen LogP contribution in [0.25, 0.3) is 0 Å². The Hall–Kier alpha value is -1.06. The molecule has 0 aromatic carbocycles. The van der Waals surface area contributed by atoms with Gasteiger partial charge >= 0.3 is 6.03 Å². The molecule has 3 amide bonds. The van der Waals surface area contributed by atoms with Crippen molar-refractivity contribution in [2.45, 2.75) is 33.1 Å². The van der Waals surface area contributed by atoms with E-state index in [4.69, 9.17) is 0 Å². The molecule has 1 rings (SSSR count). The lowest BCUT2D eigenvalue weighted by Crippen LogP contribution is -2.54. The maximum absolute atomic E-state index is 11.7. The van der Waals surface area contributed by atoms with Crippen LogP contribution in [0, 0.1) is 5.92 Å². The van der Waals surface area contributed by atoms with E-state index in [1.165, 1.54) is 4.90 Å². The molecule has 0 spiro atoms. The first kappa shape index (κ1) is 11.0. The molecule has 4 nitrogen and oxygen atoms in total. The molecule has 1 atom stereocenters. The molecular weight excluding hydrogens is 180 g/mol. The first-order valence-electron chi connectivity index (χ1n) is 5.29. The number of rotatable bonds is 4. The second-order valence-corrected chi connectivity index (χ2v) is 3.63. The van der Waals surface area contributed by atoms with Crippen molar-refractivity contribution < 1.29 is 9.59 Å². The molecule has 4 heteroatoms. The van der Waals surface area contributed by atoms with Gasteiger partial charge in [-0.3, -0.25) is 9.69 Å². The van der Waals surface area contributed by atoms with Crippen molar-refractivity contribution >= 4 is 11.9 Å². The number of amides is 3. The van der Waals surface area contributed by atoms with E-state index >= 15 is 0 Å². The zero-order valence-corrected chi connectivity index (χ0v) is 8.88. The molecule has 0 aromatic rings. The topological polar surface area (TPSA) is 49.4 Å². The summed E-state index contributed by atoms with van der Waals surface area (Å²) >= 11 is 0. The molecule has 1 unspecified atom stereocenters. The van der Waals surface area contributed by atoms with E-state index < -0.39 is 0 Å². The van der Waals surface area contributed by atoms with Crippen LogP contribution in [0.2, 0.25) is 0 Å². The van der Waals surface area contributed by atoms with Crippen LogP contribution in [0.5, 0.6) is 0 Å². The zero-order chi connectivity index (χ0) is 10.6. The summed E-state index contributed by atoms with van der Waals surface area (Å²) in [6.07, 6.45) is 2.67. The first-order valence-corrected chi connectivity index (χ1v) is 5.29. The third-order valence-corrected chi connectivity index (χ3v) is 2.59. The van der Waals surface area contributed by atoms with Gasteiger partial charge in [0.2, 0.25) is 5.91 Å². The van der Waals surface area contributed by atoms with Crippen molar-refractivity contribution in [2.75, 3.05) is 13.1 Å². The van der Waals surface area contributed by atoms with Gasteiger partial charge in [-0.25, -0.2) is 4.79 Å². The molecule has 0 bridgehead atoms. The van der Waals surface area contributed by atoms with Gasteiger partial charge in [0.1, 0.15) is 0 Å². The molecule has 0 aliphatic carbocycles.